The zero-order chi connectivity index (χ0) is 15.6. The average molecular weight is 309 g/mol. The lowest BCUT2D eigenvalue weighted by Gasteiger charge is -2.20. The van der Waals surface area contributed by atoms with Crippen molar-refractivity contribution in [1.82, 2.24) is 15.2 Å². The van der Waals surface area contributed by atoms with Gasteiger partial charge in [0.05, 0.1) is 19.4 Å². The minimum absolute atomic E-state index is 0.0299. The molecule has 0 unspecified atom stereocenters. The van der Waals surface area contributed by atoms with E-state index in [9.17, 15) is 4.79 Å². The average Bonchev–Trinajstić information content (AvgIpc) is 3.13. The van der Waals surface area contributed by atoms with E-state index in [0.717, 1.165) is 47.3 Å². The van der Waals surface area contributed by atoms with Gasteiger partial charge in [0.2, 0.25) is 0 Å². The van der Waals surface area contributed by atoms with Crippen molar-refractivity contribution < 1.29 is 9.21 Å². The van der Waals surface area contributed by atoms with Gasteiger partial charge in [-0.1, -0.05) is 18.2 Å². The third kappa shape index (κ3) is 2.82. The van der Waals surface area contributed by atoms with Crippen molar-refractivity contribution in [3.8, 4) is 0 Å². The first-order chi connectivity index (χ1) is 11.3. The van der Waals surface area contributed by atoms with Crippen LogP contribution in [0.2, 0.25) is 0 Å². The number of aromatic nitrogens is 1. The van der Waals surface area contributed by atoms with Crippen molar-refractivity contribution in [2.75, 3.05) is 6.54 Å². The van der Waals surface area contributed by atoms with Crippen LogP contribution < -0.4 is 5.32 Å². The fourth-order valence-electron chi connectivity index (χ4n) is 3.13. The van der Waals surface area contributed by atoms with Crippen LogP contribution in [0.15, 0.2) is 47.1 Å². The number of furan rings is 1. The molecule has 0 atom stereocenters. The van der Waals surface area contributed by atoms with E-state index >= 15 is 0 Å². The number of benzene rings is 1. The van der Waals surface area contributed by atoms with Gasteiger partial charge in [-0.2, -0.15) is 0 Å². The summed E-state index contributed by atoms with van der Waals surface area (Å²) in [6.07, 6.45) is 3.53. The van der Waals surface area contributed by atoms with E-state index in [4.69, 9.17) is 4.42 Å². The van der Waals surface area contributed by atoms with Gasteiger partial charge in [-0.3, -0.25) is 0 Å². The van der Waals surface area contributed by atoms with Gasteiger partial charge >= 0.3 is 6.03 Å². The number of hydrogen-bond donors (Lipinski definition) is 2. The highest BCUT2D eigenvalue weighted by atomic mass is 16.3. The maximum atomic E-state index is 12.4. The molecule has 5 nitrogen and oxygen atoms in total. The summed E-state index contributed by atoms with van der Waals surface area (Å²) in [5.41, 5.74) is 3.22. The smallest absolute Gasteiger partial charge is 0.318 e. The number of aromatic amines is 1. The summed E-state index contributed by atoms with van der Waals surface area (Å²) < 4.78 is 5.46. The third-order valence-corrected chi connectivity index (χ3v) is 4.33. The van der Waals surface area contributed by atoms with Gasteiger partial charge in [-0.05, 0) is 30.0 Å². The molecule has 4 rings (SSSR count). The maximum Gasteiger partial charge on any atom is 0.318 e. The lowest BCUT2D eigenvalue weighted by Crippen LogP contribution is -2.39. The van der Waals surface area contributed by atoms with E-state index in [1.54, 1.807) is 6.26 Å². The number of carbonyl (C=O) groups is 1. The first-order valence-electron chi connectivity index (χ1n) is 7.94. The minimum Gasteiger partial charge on any atom is -0.469 e. The summed E-state index contributed by atoms with van der Waals surface area (Å²) in [4.78, 5) is 17.6. The highest BCUT2D eigenvalue weighted by Crippen LogP contribution is 2.20. The van der Waals surface area contributed by atoms with Gasteiger partial charge < -0.3 is 19.6 Å². The number of urea groups is 1. The number of nitrogens with one attached hydrogen (secondary N) is 2. The van der Waals surface area contributed by atoms with Gasteiger partial charge in [0, 0.05) is 29.7 Å². The molecule has 0 spiro atoms. The van der Waals surface area contributed by atoms with Gasteiger partial charge in [-0.15, -0.1) is 0 Å². The van der Waals surface area contributed by atoms with E-state index in [-0.39, 0.29) is 6.03 Å². The molecule has 1 aliphatic rings. The van der Waals surface area contributed by atoms with Gasteiger partial charge in [0.25, 0.3) is 0 Å². The Hall–Kier alpha value is -2.69. The predicted octanol–water partition coefficient (Wildman–Crippen LogP) is 3.42. The summed E-state index contributed by atoms with van der Waals surface area (Å²) in [6, 6.07) is 12.1. The van der Waals surface area contributed by atoms with Crippen LogP contribution in [0.4, 0.5) is 4.79 Å². The first-order valence-corrected chi connectivity index (χ1v) is 7.94. The van der Waals surface area contributed by atoms with Crippen molar-refractivity contribution in [3.63, 3.8) is 0 Å². The topological polar surface area (TPSA) is 61.3 Å². The predicted molar refractivity (Wildman–Crippen MR) is 88.0 cm³/mol. The van der Waals surface area contributed by atoms with Crippen LogP contribution in [-0.2, 0) is 19.5 Å². The summed E-state index contributed by atoms with van der Waals surface area (Å²) in [6.45, 7) is 1.87. The van der Waals surface area contributed by atoms with Crippen LogP contribution in [-0.4, -0.2) is 22.5 Å². The molecule has 118 valence electrons. The van der Waals surface area contributed by atoms with Crippen LogP contribution in [0.3, 0.4) is 0 Å². The molecular weight excluding hydrogens is 290 g/mol. The Morgan fingerprint density at radius 3 is 3.13 bits per heavy atom. The monoisotopic (exact) mass is 309 g/mol. The largest absolute Gasteiger partial charge is 0.469 e. The molecule has 2 amide bonds. The molecule has 2 aromatic heterocycles. The number of amides is 2. The van der Waals surface area contributed by atoms with E-state index in [1.807, 2.05) is 29.2 Å². The fourth-order valence-corrected chi connectivity index (χ4v) is 3.13. The number of para-hydroxylation sites is 1. The maximum absolute atomic E-state index is 12.4. The van der Waals surface area contributed by atoms with E-state index in [0.29, 0.717) is 13.1 Å². The molecule has 23 heavy (non-hydrogen) atoms. The normalized spacial score (nSPS) is 14.5. The van der Waals surface area contributed by atoms with Crippen molar-refractivity contribution >= 4 is 16.9 Å². The van der Waals surface area contributed by atoms with Gasteiger partial charge in [-0.25, -0.2) is 4.79 Å². The third-order valence-electron chi connectivity index (χ3n) is 4.33. The van der Waals surface area contributed by atoms with Gasteiger partial charge in [0.15, 0.2) is 0 Å². The Morgan fingerprint density at radius 2 is 2.22 bits per heavy atom. The standard InChI is InChI=1S/C18H19N3O2/c22-18(21-8-3-6-17-14(12-21)7-9-23-17)19-11-15-10-13-4-1-2-5-16(13)20-15/h1-2,4-5,7,9-10,20H,3,6,8,11-12H2,(H,19,22). The molecule has 3 aromatic rings. The SMILES string of the molecule is O=C(NCc1cc2ccccc2[nH]1)N1CCCc2occc2C1. The number of aryl methyl sites for hydroxylation is 1. The van der Waals surface area contributed by atoms with E-state index in [1.165, 1.54) is 0 Å². The Labute approximate surface area is 134 Å². The van der Waals surface area contributed by atoms with Gasteiger partial charge in [0.1, 0.15) is 5.76 Å². The second kappa shape index (κ2) is 5.83. The quantitative estimate of drug-likeness (QED) is 0.762. The van der Waals surface area contributed by atoms with E-state index < -0.39 is 0 Å². The number of nitrogens with zero attached hydrogens (tertiary/aromatic N) is 1. The summed E-state index contributed by atoms with van der Waals surface area (Å²) in [5, 5.41) is 4.17. The molecule has 1 aromatic carbocycles. The molecule has 0 saturated carbocycles. The fraction of sp³-hybridized carbons (Fsp3) is 0.278. The second-order valence-corrected chi connectivity index (χ2v) is 5.93. The first kappa shape index (κ1) is 13.9. The van der Waals surface area contributed by atoms with Crippen LogP contribution >= 0.6 is 0 Å². The Morgan fingerprint density at radius 1 is 1.30 bits per heavy atom. The van der Waals surface area contributed by atoms with Crippen LogP contribution in [0.5, 0.6) is 0 Å². The second-order valence-electron chi connectivity index (χ2n) is 5.93. The zero-order valence-corrected chi connectivity index (χ0v) is 12.8. The lowest BCUT2D eigenvalue weighted by molar-refractivity contribution is 0.195. The molecule has 0 saturated heterocycles. The molecule has 0 aliphatic carbocycles. The van der Waals surface area contributed by atoms with Crippen LogP contribution in [0.1, 0.15) is 23.4 Å². The molecule has 0 fully saturated rings. The molecule has 1 aliphatic heterocycles. The van der Waals surface area contributed by atoms with Crippen molar-refractivity contribution in [1.29, 1.82) is 0 Å². The summed E-state index contributed by atoms with van der Waals surface area (Å²) in [5.74, 6) is 1.01. The molecular formula is C18H19N3O2. The van der Waals surface area contributed by atoms with Crippen molar-refractivity contribution in [3.05, 3.63) is 59.7 Å². The molecule has 5 heteroatoms. The van der Waals surface area contributed by atoms with Crippen LogP contribution in [0.25, 0.3) is 10.9 Å². The Balaban J connectivity index is 1.41. The molecule has 0 radical (unpaired) electrons. The highest BCUT2D eigenvalue weighted by Gasteiger charge is 2.20. The minimum atomic E-state index is -0.0299. The number of rotatable bonds is 2. The van der Waals surface area contributed by atoms with Crippen LogP contribution in [0, 0.1) is 0 Å². The number of H-pyrrole nitrogens is 1. The molecule has 0 bridgehead atoms. The van der Waals surface area contributed by atoms with Crippen molar-refractivity contribution in [2.45, 2.75) is 25.9 Å². The Kier molecular flexibility index (Phi) is 3.54. The molecule has 3 heterocycles. The number of carbonyl (C=O) groups excluding carboxylic acids is 1. The van der Waals surface area contributed by atoms with Crippen molar-refractivity contribution in [2.24, 2.45) is 0 Å². The zero-order valence-electron chi connectivity index (χ0n) is 12.8. The molecule has 2 N–H and O–H groups in total. The Bertz CT molecular complexity index is 801. The summed E-state index contributed by atoms with van der Waals surface area (Å²) in [7, 11) is 0. The van der Waals surface area contributed by atoms with E-state index in [2.05, 4.69) is 22.4 Å². The number of hydrogen-bond acceptors (Lipinski definition) is 2. The highest BCUT2D eigenvalue weighted by molar-refractivity contribution is 5.80. The lowest BCUT2D eigenvalue weighted by atomic mass is 10.2. The summed E-state index contributed by atoms with van der Waals surface area (Å²) >= 11 is 0. The number of fused-ring (bicyclic) bond motifs is 2.